The van der Waals surface area contributed by atoms with Gasteiger partial charge in [0.2, 0.25) is 0 Å². The quantitative estimate of drug-likeness (QED) is 0.563. The standard InChI is InChI=1S/C17H10BrClFNO2S/c1-9(10-2-4-11(18)5-3-10)15-16(22)21(17(23)24-15)12-6-7-14(20)13(19)8-12/h2-8H,1H3/b15-9-. The molecule has 0 atom stereocenters. The molecular weight excluding hydrogens is 417 g/mol. The summed E-state index contributed by atoms with van der Waals surface area (Å²) in [5.41, 5.74) is 1.81. The van der Waals surface area contributed by atoms with Crippen molar-refractivity contribution in [2.24, 2.45) is 0 Å². The smallest absolute Gasteiger partial charge is 0.268 e. The molecule has 1 heterocycles. The van der Waals surface area contributed by atoms with Crippen molar-refractivity contribution in [2.45, 2.75) is 6.92 Å². The van der Waals surface area contributed by atoms with Crippen molar-refractivity contribution in [3.63, 3.8) is 0 Å². The molecule has 1 aliphatic rings. The predicted molar refractivity (Wildman–Crippen MR) is 98.6 cm³/mol. The second-order valence-electron chi connectivity index (χ2n) is 5.07. The topological polar surface area (TPSA) is 37.4 Å². The van der Waals surface area contributed by atoms with Crippen LogP contribution in [0.1, 0.15) is 12.5 Å². The molecule has 24 heavy (non-hydrogen) atoms. The number of carbonyl (C=O) groups excluding carboxylic acids is 2. The Hall–Kier alpha value is -1.63. The SMILES string of the molecule is C/C(=C1/SC(=O)N(c2ccc(F)c(Cl)c2)C1=O)c1ccc(Br)cc1. The lowest BCUT2D eigenvalue weighted by Crippen LogP contribution is -2.27. The van der Waals surface area contributed by atoms with E-state index < -0.39 is 17.0 Å². The van der Waals surface area contributed by atoms with E-state index in [0.29, 0.717) is 10.5 Å². The van der Waals surface area contributed by atoms with E-state index in [1.165, 1.54) is 12.1 Å². The summed E-state index contributed by atoms with van der Waals surface area (Å²) in [5.74, 6) is -1.04. The number of thioether (sulfide) groups is 1. The molecule has 0 bridgehead atoms. The van der Waals surface area contributed by atoms with Crippen molar-refractivity contribution in [3.8, 4) is 0 Å². The number of nitrogens with zero attached hydrogens (tertiary/aromatic N) is 1. The van der Waals surface area contributed by atoms with Gasteiger partial charge in [-0.15, -0.1) is 0 Å². The molecule has 1 saturated heterocycles. The predicted octanol–water partition coefficient (Wildman–Crippen LogP) is 5.87. The fraction of sp³-hybridized carbons (Fsp3) is 0.0588. The van der Waals surface area contributed by atoms with Crippen LogP contribution in [0.15, 0.2) is 51.8 Å². The highest BCUT2D eigenvalue weighted by Crippen LogP contribution is 2.39. The van der Waals surface area contributed by atoms with Crippen molar-refractivity contribution < 1.29 is 14.0 Å². The second-order valence-corrected chi connectivity index (χ2v) is 7.35. The highest BCUT2D eigenvalue weighted by atomic mass is 79.9. The van der Waals surface area contributed by atoms with Crippen molar-refractivity contribution in [1.82, 2.24) is 0 Å². The highest BCUT2D eigenvalue weighted by Gasteiger charge is 2.37. The van der Waals surface area contributed by atoms with E-state index in [-0.39, 0.29) is 10.7 Å². The van der Waals surface area contributed by atoms with Crippen molar-refractivity contribution in [1.29, 1.82) is 0 Å². The molecule has 3 nitrogen and oxygen atoms in total. The van der Waals surface area contributed by atoms with Crippen LogP contribution < -0.4 is 4.90 Å². The molecule has 0 N–H and O–H groups in total. The van der Waals surface area contributed by atoms with Crippen LogP contribution in [0.4, 0.5) is 14.9 Å². The summed E-state index contributed by atoms with van der Waals surface area (Å²) in [6.07, 6.45) is 0. The van der Waals surface area contributed by atoms with Gasteiger partial charge in [-0.25, -0.2) is 9.29 Å². The van der Waals surface area contributed by atoms with Gasteiger partial charge in [0.15, 0.2) is 0 Å². The molecule has 1 aliphatic heterocycles. The summed E-state index contributed by atoms with van der Waals surface area (Å²) in [4.78, 5) is 26.3. The molecule has 2 amide bonds. The number of carbonyl (C=O) groups is 2. The minimum absolute atomic E-state index is 0.139. The molecule has 0 aliphatic carbocycles. The lowest BCUT2D eigenvalue weighted by Gasteiger charge is -2.13. The van der Waals surface area contributed by atoms with Gasteiger partial charge in [0.05, 0.1) is 15.6 Å². The van der Waals surface area contributed by atoms with Gasteiger partial charge in [-0.2, -0.15) is 0 Å². The largest absolute Gasteiger partial charge is 0.298 e. The van der Waals surface area contributed by atoms with Gasteiger partial charge in [0.1, 0.15) is 5.82 Å². The van der Waals surface area contributed by atoms with Crippen LogP contribution >= 0.6 is 39.3 Å². The van der Waals surface area contributed by atoms with Crippen molar-refractivity contribution >= 4 is 61.7 Å². The van der Waals surface area contributed by atoms with Gasteiger partial charge in [0, 0.05) is 4.47 Å². The maximum atomic E-state index is 13.3. The lowest BCUT2D eigenvalue weighted by atomic mass is 10.1. The summed E-state index contributed by atoms with van der Waals surface area (Å²) in [5, 5.41) is -0.575. The Morgan fingerprint density at radius 2 is 1.83 bits per heavy atom. The molecule has 0 aromatic heterocycles. The van der Waals surface area contributed by atoms with E-state index >= 15 is 0 Å². The third-order valence-corrected chi connectivity index (χ3v) is 5.41. The first-order valence-electron chi connectivity index (χ1n) is 6.86. The number of rotatable bonds is 2. The first-order valence-corrected chi connectivity index (χ1v) is 8.85. The van der Waals surface area contributed by atoms with Crippen LogP contribution in [0.2, 0.25) is 5.02 Å². The number of hydrogen-bond donors (Lipinski definition) is 0. The lowest BCUT2D eigenvalue weighted by molar-refractivity contribution is -0.113. The van der Waals surface area contributed by atoms with Crippen molar-refractivity contribution in [2.75, 3.05) is 4.90 Å². The van der Waals surface area contributed by atoms with Crippen LogP contribution in [-0.4, -0.2) is 11.1 Å². The molecular formula is C17H10BrClFNO2S. The van der Waals surface area contributed by atoms with Gasteiger partial charge in [0.25, 0.3) is 11.1 Å². The van der Waals surface area contributed by atoms with Crippen molar-refractivity contribution in [3.05, 3.63) is 68.2 Å². The van der Waals surface area contributed by atoms with Crippen LogP contribution in [0.25, 0.3) is 5.57 Å². The maximum Gasteiger partial charge on any atom is 0.298 e. The van der Waals surface area contributed by atoms with E-state index in [2.05, 4.69) is 15.9 Å². The number of imide groups is 1. The summed E-state index contributed by atoms with van der Waals surface area (Å²) < 4.78 is 14.2. The fourth-order valence-corrected chi connectivity index (χ4v) is 3.62. The zero-order valence-corrected chi connectivity index (χ0v) is 15.5. The van der Waals surface area contributed by atoms with Crippen LogP contribution in [0.5, 0.6) is 0 Å². The third kappa shape index (κ3) is 3.14. The van der Waals surface area contributed by atoms with E-state index in [1.807, 2.05) is 24.3 Å². The minimum Gasteiger partial charge on any atom is -0.268 e. The summed E-state index contributed by atoms with van der Waals surface area (Å²) >= 11 is 9.97. The van der Waals surface area contributed by atoms with Gasteiger partial charge in [-0.3, -0.25) is 9.59 Å². The normalized spacial score (nSPS) is 16.8. The zero-order chi connectivity index (χ0) is 17.4. The molecule has 2 aromatic rings. The Bertz CT molecular complexity index is 883. The summed E-state index contributed by atoms with van der Waals surface area (Å²) in [6.45, 7) is 1.79. The maximum absolute atomic E-state index is 13.3. The summed E-state index contributed by atoms with van der Waals surface area (Å²) in [7, 11) is 0. The number of amides is 2. The Morgan fingerprint density at radius 3 is 2.46 bits per heavy atom. The molecule has 3 rings (SSSR count). The Labute approximate surface area is 155 Å². The third-order valence-electron chi connectivity index (χ3n) is 3.55. The average Bonchev–Trinajstić information content (AvgIpc) is 2.85. The van der Waals surface area contributed by atoms with Crippen LogP contribution in [0, 0.1) is 5.82 Å². The molecule has 0 spiro atoms. The molecule has 0 unspecified atom stereocenters. The van der Waals surface area contributed by atoms with E-state index in [0.717, 1.165) is 32.8 Å². The molecule has 2 aromatic carbocycles. The number of allylic oxidation sites excluding steroid dienone is 1. The molecule has 0 radical (unpaired) electrons. The average molecular weight is 427 g/mol. The zero-order valence-electron chi connectivity index (χ0n) is 12.3. The van der Waals surface area contributed by atoms with E-state index in [9.17, 15) is 14.0 Å². The fourth-order valence-electron chi connectivity index (χ4n) is 2.28. The second kappa shape index (κ2) is 6.70. The number of benzene rings is 2. The minimum atomic E-state index is -0.603. The Kier molecular flexibility index (Phi) is 4.80. The molecule has 0 saturated carbocycles. The Balaban J connectivity index is 2.00. The molecule has 7 heteroatoms. The number of anilines is 1. The van der Waals surface area contributed by atoms with Gasteiger partial charge < -0.3 is 0 Å². The first kappa shape index (κ1) is 17.2. The monoisotopic (exact) mass is 425 g/mol. The van der Waals surface area contributed by atoms with Crippen LogP contribution in [-0.2, 0) is 4.79 Å². The van der Waals surface area contributed by atoms with E-state index in [4.69, 9.17) is 11.6 Å². The highest BCUT2D eigenvalue weighted by molar-refractivity contribution is 9.10. The van der Waals surface area contributed by atoms with E-state index in [1.54, 1.807) is 6.92 Å². The number of halogens is 3. The van der Waals surface area contributed by atoms with Gasteiger partial charge >= 0.3 is 0 Å². The number of hydrogen-bond acceptors (Lipinski definition) is 3. The summed E-state index contributed by atoms with van der Waals surface area (Å²) in [6, 6.07) is 11.2. The van der Waals surface area contributed by atoms with Gasteiger partial charge in [-0.1, -0.05) is 39.7 Å². The van der Waals surface area contributed by atoms with Crippen LogP contribution in [0.3, 0.4) is 0 Å². The Morgan fingerprint density at radius 1 is 1.17 bits per heavy atom. The molecule has 1 fully saturated rings. The first-order chi connectivity index (χ1) is 11.4. The molecule has 122 valence electrons. The van der Waals surface area contributed by atoms with Gasteiger partial charge in [-0.05, 0) is 60.2 Å².